The van der Waals surface area contributed by atoms with Crippen LogP contribution in [0.5, 0.6) is 0 Å². The van der Waals surface area contributed by atoms with Crippen LogP contribution >= 0.6 is 0 Å². The van der Waals surface area contributed by atoms with Crippen LogP contribution in [0.4, 0.5) is 0 Å². The minimum atomic E-state index is -0.0300. The summed E-state index contributed by atoms with van der Waals surface area (Å²) < 4.78 is 0. The second kappa shape index (κ2) is 5.49. The average Bonchev–Trinajstić information content (AvgIpc) is 2.33. The van der Waals surface area contributed by atoms with Crippen molar-refractivity contribution in [2.75, 3.05) is 19.6 Å². The Bertz CT molecular complexity index is 298. The molecular formula is C12H21N3O2. The van der Waals surface area contributed by atoms with Crippen molar-refractivity contribution in [3.63, 3.8) is 0 Å². The Morgan fingerprint density at radius 2 is 2.06 bits per heavy atom. The number of amides is 2. The molecule has 0 bridgehead atoms. The third-order valence-corrected chi connectivity index (χ3v) is 3.66. The van der Waals surface area contributed by atoms with E-state index in [1.807, 2.05) is 4.90 Å². The van der Waals surface area contributed by atoms with E-state index in [1.165, 1.54) is 0 Å². The fourth-order valence-electron chi connectivity index (χ4n) is 2.58. The average molecular weight is 239 g/mol. The Labute approximate surface area is 102 Å². The van der Waals surface area contributed by atoms with Gasteiger partial charge < -0.3 is 15.5 Å². The number of rotatable bonds is 2. The predicted octanol–water partition coefficient (Wildman–Crippen LogP) is -0.134. The molecule has 2 amide bonds. The van der Waals surface area contributed by atoms with Crippen molar-refractivity contribution < 1.29 is 9.59 Å². The summed E-state index contributed by atoms with van der Waals surface area (Å²) in [5.74, 6) is 0.282. The summed E-state index contributed by atoms with van der Waals surface area (Å²) in [4.78, 5) is 24.7. The topological polar surface area (TPSA) is 61.4 Å². The zero-order chi connectivity index (χ0) is 12.3. The maximum absolute atomic E-state index is 11.6. The third kappa shape index (κ3) is 3.19. The van der Waals surface area contributed by atoms with Gasteiger partial charge in [-0.3, -0.25) is 9.59 Å². The van der Waals surface area contributed by atoms with E-state index in [2.05, 4.69) is 10.6 Å². The maximum Gasteiger partial charge on any atom is 0.237 e. The van der Waals surface area contributed by atoms with E-state index in [-0.39, 0.29) is 17.9 Å². The smallest absolute Gasteiger partial charge is 0.237 e. The van der Waals surface area contributed by atoms with Crippen molar-refractivity contribution in [3.8, 4) is 0 Å². The number of likely N-dealkylation sites (tertiary alicyclic amines) is 1. The fraction of sp³-hybridized carbons (Fsp3) is 0.833. The second-order valence-corrected chi connectivity index (χ2v) is 4.93. The van der Waals surface area contributed by atoms with Gasteiger partial charge in [0.2, 0.25) is 11.8 Å². The molecule has 2 aliphatic heterocycles. The lowest BCUT2D eigenvalue weighted by atomic mass is 10.0. The van der Waals surface area contributed by atoms with E-state index in [0.717, 1.165) is 45.3 Å². The summed E-state index contributed by atoms with van der Waals surface area (Å²) in [6.07, 6.45) is 3.88. The van der Waals surface area contributed by atoms with Gasteiger partial charge in [0.15, 0.2) is 0 Å². The standard InChI is InChI=1S/C12H21N3O2/c1-9(16)15-7-4-10(5-8-15)14-11-3-2-6-13-12(11)17/h10-11,14H,2-8H2,1H3,(H,13,17). The summed E-state index contributed by atoms with van der Waals surface area (Å²) in [5.41, 5.74) is 0. The number of carbonyl (C=O) groups excluding carboxylic acids is 2. The molecule has 2 rings (SSSR count). The molecule has 0 saturated carbocycles. The molecule has 2 N–H and O–H groups in total. The number of nitrogens with one attached hydrogen (secondary N) is 2. The molecule has 5 nitrogen and oxygen atoms in total. The Morgan fingerprint density at radius 1 is 1.35 bits per heavy atom. The molecule has 0 aromatic carbocycles. The van der Waals surface area contributed by atoms with Crippen LogP contribution in [0.1, 0.15) is 32.6 Å². The molecule has 5 heteroatoms. The van der Waals surface area contributed by atoms with Gasteiger partial charge in [-0.2, -0.15) is 0 Å². The van der Waals surface area contributed by atoms with Crippen molar-refractivity contribution in [2.24, 2.45) is 0 Å². The van der Waals surface area contributed by atoms with Crippen molar-refractivity contribution in [1.82, 2.24) is 15.5 Å². The Morgan fingerprint density at radius 3 is 2.65 bits per heavy atom. The minimum absolute atomic E-state index is 0.0300. The van der Waals surface area contributed by atoms with Gasteiger partial charge in [-0.25, -0.2) is 0 Å². The van der Waals surface area contributed by atoms with Crippen LogP contribution in [-0.4, -0.2) is 48.4 Å². The van der Waals surface area contributed by atoms with Gasteiger partial charge in [0.1, 0.15) is 0 Å². The van der Waals surface area contributed by atoms with E-state index in [9.17, 15) is 9.59 Å². The van der Waals surface area contributed by atoms with E-state index in [0.29, 0.717) is 6.04 Å². The quantitative estimate of drug-likeness (QED) is 0.705. The first-order valence-corrected chi connectivity index (χ1v) is 6.46. The molecule has 17 heavy (non-hydrogen) atoms. The van der Waals surface area contributed by atoms with Crippen molar-refractivity contribution >= 4 is 11.8 Å². The molecule has 0 radical (unpaired) electrons. The highest BCUT2D eigenvalue weighted by Gasteiger charge is 2.27. The van der Waals surface area contributed by atoms with Crippen molar-refractivity contribution in [2.45, 2.75) is 44.7 Å². The monoisotopic (exact) mass is 239 g/mol. The third-order valence-electron chi connectivity index (χ3n) is 3.66. The Hall–Kier alpha value is -1.10. The van der Waals surface area contributed by atoms with Crippen LogP contribution < -0.4 is 10.6 Å². The highest BCUT2D eigenvalue weighted by molar-refractivity contribution is 5.82. The zero-order valence-electron chi connectivity index (χ0n) is 10.4. The molecule has 1 unspecified atom stereocenters. The highest BCUT2D eigenvalue weighted by Crippen LogP contribution is 2.13. The summed E-state index contributed by atoms with van der Waals surface area (Å²) in [6.45, 7) is 4.03. The lowest BCUT2D eigenvalue weighted by Gasteiger charge is -2.34. The van der Waals surface area contributed by atoms with E-state index < -0.39 is 0 Å². The Balaban J connectivity index is 1.77. The first-order chi connectivity index (χ1) is 8.16. The van der Waals surface area contributed by atoms with Gasteiger partial charge in [0.05, 0.1) is 6.04 Å². The summed E-state index contributed by atoms with van der Waals surface area (Å²) in [5, 5.41) is 6.30. The molecule has 1 atom stereocenters. The first kappa shape index (κ1) is 12.4. The molecule has 0 aromatic rings. The van der Waals surface area contributed by atoms with E-state index in [4.69, 9.17) is 0 Å². The first-order valence-electron chi connectivity index (χ1n) is 6.46. The zero-order valence-corrected chi connectivity index (χ0v) is 10.4. The van der Waals surface area contributed by atoms with Crippen molar-refractivity contribution in [3.05, 3.63) is 0 Å². The largest absolute Gasteiger partial charge is 0.355 e. The maximum atomic E-state index is 11.6. The van der Waals surface area contributed by atoms with Gasteiger partial charge in [-0.1, -0.05) is 0 Å². The van der Waals surface area contributed by atoms with Gasteiger partial charge >= 0.3 is 0 Å². The number of hydrogen-bond acceptors (Lipinski definition) is 3. The van der Waals surface area contributed by atoms with Crippen LogP contribution in [0.3, 0.4) is 0 Å². The summed E-state index contributed by atoms with van der Waals surface area (Å²) in [6, 6.07) is 0.345. The number of piperidine rings is 2. The molecular weight excluding hydrogens is 218 g/mol. The number of hydrogen-bond donors (Lipinski definition) is 2. The van der Waals surface area contributed by atoms with Crippen molar-refractivity contribution in [1.29, 1.82) is 0 Å². The van der Waals surface area contributed by atoms with Crippen LogP contribution in [0, 0.1) is 0 Å². The molecule has 0 aromatic heterocycles. The summed E-state index contributed by atoms with van der Waals surface area (Å²) >= 11 is 0. The Kier molecular flexibility index (Phi) is 3.99. The number of nitrogens with zero attached hydrogens (tertiary/aromatic N) is 1. The van der Waals surface area contributed by atoms with Gasteiger partial charge in [0, 0.05) is 32.6 Å². The molecule has 0 aliphatic carbocycles. The predicted molar refractivity (Wildman–Crippen MR) is 64.4 cm³/mol. The van der Waals surface area contributed by atoms with Crippen LogP contribution in [-0.2, 0) is 9.59 Å². The lowest BCUT2D eigenvalue weighted by molar-refractivity contribution is -0.130. The SMILES string of the molecule is CC(=O)N1CCC(NC2CCCNC2=O)CC1. The minimum Gasteiger partial charge on any atom is -0.355 e. The molecule has 2 saturated heterocycles. The highest BCUT2D eigenvalue weighted by atomic mass is 16.2. The molecule has 2 aliphatic rings. The normalized spacial score (nSPS) is 26.8. The lowest BCUT2D eigenvalue weighted by Crippen LogP contribution is -2.54. The van der Waals surface area contributed by atoms with Gasteiger partial charge in [-0.15, -0.1) is 0 Å². The number of carbonyl (C=O) groups is 2. The molecule has 2 fully saturated rings. The van der Waals surface area contributed by atoms with E-state index >= 15 is 0 Å². The van der Waals surface area contributed by atoms with Crippen LogP contribution in [0.2, 0.25) is 0 Å². The van der Waals surface area contributed by atoms with Crippen LogP contribution in [0.25, 0.3) is 0 Å². The van der Waals surface area contributed by atoms with Gasteiger partial charge in [0.25, 0.3) is 0 Å². The van der Waals surface area contributed by atoms with Gasteiger partial charge in [-0.05, 0) is 25.7 Å². The summed E-state index contributed by atoms with van der Waals surface area (Å²) in [7, 11) is 0. The van der Waals surface area contributed by atoms with Crippen LogP contribution in [0.15, 0.2) is 0 Å². The molecule has 0 spiro atoms. The second-order valence-electron chi connectivity index (χ2n) is 4.93. The molecule has 96 valence electrons. The van der Waals surface area contributed by atoms with E-state index in [1.54, 1.807) is 6.92 Å². The molecule has 2 heterocycles. The fourth-order valence-corrected chi connectivity index (χ4v) is 2.58.